The number of hydrogen-bond acceptors (Lipinski definition) is 4. The number of pyridine rings is 1. The molecular weight excluding hydrogens is 214 g/mol. The van der Waals surface area contributed by atoms with Crippen molar-refractivity contribution in [3.63, 3.8) is 0 Å². The molecule has 96 valence electrons. The fourth-order valence-corrected chi connectivity index (χ4v) is 1.38. The summed E-state index contributed by atoms with van der Waals surface area (Å²) in [5.74, 6) is 0.859. The highest BCUT2D eigenvalue weighted by Crippen LogP contribution is 2.14. The van der Waals surface area contributed by atoms with Gasteiger partial charge in [0.2, 0.25) is 0 Å². The van der Waals surface area contributed by atoms with Crippen molar-refractivity contribution < 1.29 is 5.11 Å². The second-order valence-electron chi connectivity index (χ2n) is 5.46. The van der Waals surface area contributed by atoms with Crippen molar-refractivity contribution in [3.8, 4) is 0 Å². The van der Waals surface area contributed by atoms with Crippen LogP contribution >= 0.6 is 0 Å². The third-order valence-electron chi connectivity index (χ3n) is 2.38. The number of rotatable bonds is 4. The van der Waals surface area contributed by atoms with E-state index < -0.39 is 6.10 Å². The van der Waals surface area contributed by atoms with Crippen molar-refractivity contribution in [3.05, 3.63) is 23.9 Å². The number of nitrogens with zero attached hydrogens (tertiary/aromatic N) is 2. The lowest BCUT2D eigenvalue weighted by Crippen LogP contribution is -2.38. The number of aliphatic hydroxyl groups is 1. The van der Waals surface area contributed by atoms with Gasteiger partial charge in [0.25, 0.3) is 0 Å². The zero-order valence-electron chi connectivity index (χ0n) is 11.4. The Kier molecular flexibility index (Phi) is 4.48. The highest BCUT2D eigenvalue weighted by molar-refractivity contribution is 5.37. The second kappa shape index (κ2) is 5.47. The van der Waals surface area contributed by atoms with Crippen molar-refractivity contribution in [1.82, 2.24) is 10.3 Å². The Morgan fingerprint density at radius 3 is 2.53 bits per heavy atom. The van der Waals surface area contributed by atoms with Crippen LogP contribution in [0.4, 0.5) is 5.82 Å². The zero-order chi connectivity index (χ0) is 13.1. The Hall–Kier alpha value is -1.13. The van der Waals surface area contributed by atoms with Crippen LogP contribution in [0, 0.1) is 0 Å². The molecule has 0 saturated carbocycles. The molecule has 0 amide bonds. The number of anilines is 1. The minimum atomic E-state index is -0.575. The number of β-amino-alcohol motifs (C(OH)–C–C–N with tert-alkyl or cyclic N) is 1. The molecule has 0 unspecified atom stereocenters. The Balaban J connectivity index is 2.69. The van der Waals surface area contributed by atoms with Crippen molar-refractivity contribution in [2.24, 2.45) is 0 Å². The molecule has 0 aliphatic carbocycles. The minimum Gasteiger partial charge on any atom is -0.385 e. The van der Waals surface area contributed by atoms with Crippen LogP contribution in [0.3, 0.4) is 0 Å². The van der Waals surface area contributed by atoms with E-state index in [-0.39, 0.29) is 5.54 Å². The molecule has 1 aromatic rings. The first kappa shape index (κ1) is 13.9. The molecule has 4 nitrogen and oxygen atoms in total. The first-order chi connectivity index (χ1) is 7.79. The Morgan fingerprint density at radius 1 is 1.35 bits per heavy atom. The molecule has 0 spiro atoms. The fraction of sp³-hybridized carbons (Fsp3) is 0.615. The van der Waals surface area contributed by atoms with Crippen molar-refractivity contribution in [2.45, 2.75) is 32.4 Å². The Labute approximate surface area is 104 Å². The van der Waals surface area contributed by atoms with Gasteiger partial charge in [0, 0.05) is 26.2 Å². The van der Waals surface area contributed by atoms with Crippen LogP contribution < -0.4 is 10.2 Å². The highest BCUT2D eigenvalue weighted by Gasteiger charge is 2.14. The van der Waals surface area contributed by atoms with E-state index >= 15 is 0 Å². The summed E-state index contributed by atoms with van der Waals surface area (Å²) in [6, 6.07) is 5.69. The molecule has 0 radical (unpaired) electrons. The molecule has 1 rings (SSSR count). The molecule has 1 atom stereocenters. The summed E-state index contributed by atoms with van der Waals surface area (Å²) in [7, 11) is 3.87. The Morgan fingerprint density at radius 2 is 2.00 bits per heavy atom. The van der Waals surface area contributed by atoms with E-state index in [1.807, 2.05) is 37.2 Å². The predicted octanol–water partition coefficient (Wildman–Crippen LogP) is 1.57. The van der Waals surface area contributed by atoms with Crippen molar-refractivity contribution in [1.29, 1.82) is 0 Å². The lowest BCUT2D eigenvalue weighted by Gasteiger charge is -2.23. The monoisotopic (exact) mass is 237 g/mol. The van der Waals surface area contributed by atoms with Gasteiger partial charge in [-0.2, -0.15) is 0 Å². The van der Waals surface area contributed by atoms with E-state index in [0.717, 1.165) is 5.82 Å². The standard InChI is InChI=1S/C13H23N3O/c1-13(2,3)14-9-11(17)10-7-6-8-12(15-10)16(4)5/h6-8,11,14,17H,9H2,1-5H3/t11-/m0/s1. The molecule has 4 heteroatoms. The van der Waals surface area contributed by atoms with Crippen LogP contribution in [0.25, 0.3) is 0 Å². The van der Waals surface area contributed by atoms with Crippen LogP contribution in [0.5, 0.6) is 0 Å². The lowest BCUT2D eigenvalue weighted by atomic mass is 10.1. The SMILES string of the molecule is CN(C)c1cccc([C@@H](O)CNC(C)(C)C)n1. The van der Waals surface area contributed by atoms with Gasteiger partial charge in [0.1, 0.15) is 11.9 Å². The third-order valence-corrected chi connectivity index (χ3v) is 2.38. The summed E-state index contributed by atoms with van der Waals surface area (Å²) in [6.45, 7) is 6.73. The van der Waals surface area contributed by atoms with E-state index in [4.69, 9.17) is 0 Å². The molecule has 0 aliphatic heterocycles. The first-order valence-corrected chi connectivity index (χ1v) is 5.87. The molecule has 0 fully saturated rings. The Bertz CT molecular complexity index is 358. The normalized spacial score (nSPS) is 13.5. The van der Waals surface area contributed by atoms with Gasteiger partial charge in [-0.3, -0.25) is 0 Å². The average Bonchev–Trinajstić information content (AvgIpc) is 2.25. The maximum absolute atomic E-state index is 10.0. The largest absolute Gasteiger partial charge is 0.385 e. The van der Waals surface area contributed by atoms with Crippen LogP contribution in [0.1, 0.15) is 32.6 Å². The highest BCUT2D eigenvalue weighted by atomic mass is 16.3. The summed E-state index contributed by atoms with van der Waals surface area (Å²) in [5.41, 5.74) is 0.702. The molecule has 1 heterocycles. The predicted molar refractivity (Wildman–Crippen MR) is 71.3 cm³/mol. The van der Waals surface area contributed by atoms with E-state index in [9.17, 15) is 5.11 Å². The van der Waals surface area contributed by atoms with Gasteiger partial charge >= 0.3 is 0 Å². The van der Waals surface area contributed by atoms with E-state index in [0.29, 0.717) is 12.2 Å². The third kappa shape index (κ3) is 4.71. The fourth-order valence-electron chi connectivity index (χ4n) is 1.38. The molecular formula is C13H23N3O. The van der Waals surface area contributed by atoms with Crippen LogP contribution in [-0.2, 0) is 0 Å². The molecule has 0 aliphatic rings. The molecule has 2 N–H and O–H groups in total. The zero-order valence-corrected chi connectivity index (χ0v) is 11.4. The van der Waals surface area contributed by atoms with Crippen LogP contribution in [-0.4, -0.2) is 36.3 Å². The molecule has 17 heavy (non-hydrogen) atoms. The summed E-state index contributed by atoms with van der Waals surface area (Å²) in [6.07, 6.45) is -0.575. The summed E-state index contributed by atoms with van der Waals surface area (Å²) < 4.78 is 0. The van der Waals surface area contributed by atoms with Crippen LogP contribution in [0.2, 0.25) is 0 Å². The number of aliphatic hydroxyl groups excluding tert-OH is 1. The second-order valence-corrected chi connectivity index (χ2v) is 5.46. The number of nitrogens with one attached hydrogen (secondary N) is 1. The van der Waals surface area contributed by atoms with Crippen molar-refractivity contribution in [2.75, 3.05) is 25.5 Å². The van der Waals surface area contributed by atoms with Gasteiger partial charge in [-0.1, -0.05) is 6.07 Å². The molecule has 0 aromatic carbocycles. The van der Waals surface area contributed by atoms with Gasteiger partial charge in [-0.25, -0.2) is 4.98 Å². The first-order valence-electron chi connectivity index (χ1n) is 5.87. The summed E-state index contributed by atoms with van der Waals surface area (Å²) in [5, 5.41) is 13.3. The maximum Gasteiger partial charge on any atom is 0.128 e. The molecule has 0 bridgehead atoms. The maximum atomic E-state index is 10.0. The van der Waals surface area contributed by atoms with E-state index in [2.05, 4.69) is 31.1 Å². The smallest absolute Gasteiger partial charge is 0.128 e. The lowest BCUT2D eigenvalue weighted by molar-refractivity contribution is 0.159. The van der Waals surface area contributed by atoms with Gasteiger partial charge in [0.05, 0.1) is 5.69 Å². The minimum absolute atomic E-state index is 0.000137. The summed E-state index contributed by atoms with van der Waals surface area (Å²) in [4.78, 5) is 6.33. The average molecular weight is 237 g/mol. The quantitative estimate of drug-likeness (QED) is 0.834. The van der Waals surface area contributed by atoms with Gasteiger partial charge in [0.15, 0.2) is 0 Å². The van der Waals surface area contributed by atoms with Crippen molar-refractivity contribution >= 4 is 5.82 Å². The van der Waals surface area contributed by atoms with Gasteiger partial charge < -0.3 is 15.3 Å². The van der Waals surface area contributed by atoms with Gasteiger partial charge in [-0.15, -0.1) is 0 Å². The number of hydrogen-bond donors (Lipinski definition) is 2. The molecule has 1 aromatic heterocycles. The van der Waals surface area contributed by atoms with Gasteiger partial charge in [-0.05, 0) is 32.9 Å². The van der Waals surface area contributed by atoms with E-state index in [1.165, 1.54) is 0 Å². The van der Waals surface area contributed by atoms with Crippen LogP contribution in [0.15, 0.2) is 18.2 Å². The summed E-state index contributed by atoms with van der Waals surface area (Å²) >= 11 is 0. The topological polar surface area (TPSA) is 48.4 Å². The number of aromatic nitrogens is 1. The molecule has 0 saturated heterocycles. The van der Waals surface area contributed by atoms with E-state index in [1.54, 1.807) is 0 Å².